The fourth-order valence-electron chi connectivity index (χ4n) is 16.9. The molecule has 0 N–H and O–H groups in total. The summed E-state index contributed by atoms with van der Waals surface area (Å²) in [4.78, 5) is 158. The molecule has 680 valence electrons. The van der Waals surface area contributed by atoms with E-state index in [0.29, 0.717) is 0 Å². The number of anilines is 4. The molecule has 134 heavy (non-hydrogen) atoms. The molecular formula is C112H104N4O18. The highest BCUT2D eigenvalue weighted by atomic mass is 16.5. The average Bonchev–Trinajstić information content (AvgIpc) is 0.668. The molecule has 0 aliphatic carbocycles. The lowest BCUT2D eigenvalue weighted by Gasteiger charge is -2.38. The number of hydrogen-bond donors (Lipinski definition) is 0. The molecule has 0 saturated carbocycles. The van der Waals surface area contributed by atoms with Crippen molar-refractivity contribution in [2.24, 2.45) is 11.8 Å². The number of esters is 4. The quantitative estimate of drug-likeness (QED) is 0.0110. The highest BCUT2D eigenvalue weighted by Gasteiger charge is 2.49. The van der Waals surface area contributed by atoms with Crippen molar-refractivity contribution < 1.29 is 85.8 Å². The number of carbonyl (C=O) groups excluding carboxylic acids is 10. The van der Waals surface area contributed by atoms with Gasteiger partial charge in [-0.2, -0.15) is 0 Å². The Bertz CT molecular complexity index is 6130. The van der Waals surface area contributed by atoms with Gasteiger partial charge in [0.25, 0.3) is 35.4 Å². The van der Waals surface area contributed by atoms with Gasteiger partial charge in [-0.05, 0) is 238 Å². The molecule has 0 bridgehead atoms. The molecule has 2 unspecified atom stereocenters. The van der Waals surface area contributed by atoms with Crippen LogP contribution in [0.2, 0.25) is 0 Å². The zero-order chi connectivity index (χ0) is 96.2. The van der Waals surface area contributed by atoms with Gasteiger partial charge in [0.1, 0.15) is 81.1 Å². The van der Waals surface area contributed by atoms with Crippen molar-refractivity contribution in [3.05, 3.63) is 314 Å². The third-order valence-corrected chi connectivity index (χ3v) is 23.7. The normalized spacial score (nSPS) is 13.2. The van der Waals surface area contributed by atoms with Crippen LogP contribution in [0.25, 0.3) is 43.1 Å². The number of benzene rings is 13. The minimum absolute atomic E-state index is 0.0171. The second-order valence-electron chi connectivity index (χ2n) is 38.3. The van der Waals surface area contributed by atoms with Gasteiger partial charge in [0.2, 0.25) is 0 Å². The minimum Gasteiger partial charge on any atom is -0.457 e. The van der Waals surface area contributed by atoms with E-state index in [1.807, 2.05) is 76.2 Å². The van der Waals surface area contributed by atoms with E-state index >= 15 is 28.8 Å². The molecule has 13 aromatic carbocycles. The molecule has 0 radical (unpaired) electrons. The number of fused-ring (bicyclic) bond motifs is 2. The van der Waals surface area contributed by atoms with Crippen LogP contribution in [-0.4, -0.2) is 81.2 Å². The Balaban J connectivity index is 1.07. The highest BCUT2D eigenvalue weighted by molar-refractivity contribution is 6.45. The molecule has 0 fully saturated rings. The summed E-state index contributed by atoms with van der Waals surface area (Å²) in [6.07, 6.45) is 3.77. The van der Waals surface area contributed by atoms with E-state index in [1.54, 1.807) is 72.8 Å². The lowest BCUT2D eigenvalue weighted by atomic mass is 9.80. The van der Waals surface area contributed by atoms with Crippen molar-refractivity contribution in [3.8, 4) is 69.0 Å². The topological polar surface area (TPSA) is 258 Å². The molecule has 2 aliphatic rings. The maximum Gasteiger partial charge on any atom is 0.335 e. The van der Waals surface area contributed by atoms with E-state index in [9.17, 15) is 19.2 Å². The summed E-state index contributed by atoms with van der Waals surface area (Å²) < 4.78 is 52.0. The van der Waals surface area contributed by atoms with Crippen LogP contribution in [0.15, 0.2) is 269 Å². The van der Waals surface area contributed by atoms with Crippen LogP contribution in [0.1, 0.15) is 187 Å². The van der Waals surface area contributed by atoms with Crippen LogP contribution < -0.4 is 47.7 Å². The highest BCUT2D eigenvalue weighted by Crippen LogP contribution is 2.59. The van der Waals surface area contributed by atoms with E-state index in [4.69, 9.17) is 37.9 Å². The second-order valence-corrected chi connectivity index (χ2v) is 38.3. The zero-order valence-corrected chi connectivity index (χ0v) is 77.8. The van der Waals surface area contributed by atoms with E-state index in [1.165, 1.54) is 107 Å². The molecule has 15 rings (SSSR count). The van der Waals surface area contributed by atoms with Gasteiger partial charge >= 0.3 is 23.9 Å². The average molecular weight is 1790 g/mol. The summed E-state index contributed by atoms with van der Waals surface area (Å²) in [5.41, 5.74) is 2.75. The van der Waals surface area contributed by atoms with Crippen molar-refractivity contribution in [1.29, 1.82) is 0 Å². The van der Waals surface area contributed by atoms with Gasteiger partial charge in [-0.3, -0.25) is 48.4 Å². The van der Waals surface area contributed by atoms with Crippen LogP contribution in [0.4, 0.5) is 22.7 Å². The fourth-order valence-corrected chi connectivity index (χ4v) is 16.9. The Morgan fingerprint density at radius 2 is 0.470 bits per heavy atom. The summed E-state index contributed by atoms with van der Waals surface area (Å²) in [7, 11) is 0. The van der Waals surface area contributed by atoms with Crippen LogP contribution >= 0.6 is 0 Å². The van der Waals surface area contributed by atoms with Gasteiger partial charge in [0, 0.05) is 90.1 Å². The third-order valence-electron chi connectivity index (χ3n) is 23.7. The predicted molar refractivity (Wildman–Crippen MR) is 519 cm³/mol. The Kier molecular flexibility index (Phi) is 25.5. The van der Waals surface area contributed by atoms with Crippen LogP contribution in [0, 0.1) is 11.8 Å². The first-order chi connectivity index (χ1) is 63.5. The fraction of sp³-hybridized carbons (Fsp3) is 0.232. The molecule has 13 aromatic rings. The van der Waals surface area contributed by atoms with E-state index in [2.05, 4.69) is 109 Å². The number of nitrogens with zero attached hydrogens (tertiary/aromatic N) is 4. The van der Waals surface area contributed by atoms with Gasteiger partial charge in [-0.25, -0.2) is 19.2 Å². The Labute approximate surface area is 777 Å². The van der Waals surface area contributed by atoms with Crippen LogP contribution in [0.3, 0.4) is 0 Å². The lowest BCUT2D eigenvalue weighted by molar-refractivity contribution is -0.129. The summed E-state index contributed by atoms with van der Waals surface area (Å²) in [5, 5.41) is 1.26. The Hall–Kier alpha value is -15.6. The zero-order valence-electron chi connectivity index (χ0n) is 77.8. The van der Waals surface area contributed by atoms with Gasteiger partial charge in [-0.15, -0.1) is 0 Å². The molecule has 6 amide bonds. The third kappa shape index (κ3) is 18.6. The number of hydrogen-bond acceptors (Lipinski definition) is 18. The van der Waals surface area contributed by atoms with E-state index in [0.717, 1.165) is 56.4 Å². The molecule has 22 heteroatoms. The van der Waals surface area contributed by atoms with Crippen molar-refractivity contribution in [1.82, 2.24) is 9.80 Å². The Morgan fingerprint density at radius 3 is 0.642 bits per heavy atom. The van der Waals surface area contributed by atoms with Gasteiger partial charge < -0.3 is 37.9 Å². The molecule has 2 aliphatic heterocycles. The Morgan fingerprint density at radius 1 is 0.284 bits per heavy atom. The first-order valence-electron chi connectivity index (χ1n) is 44.2. The SMILES string of the molecule is C=CC(=O)Oc1ccc(N(C(=O)C(CC(C)C)N2C(=O)c3cc(Oc4ccc(C(C)(C)C)cc4)c4c5c(Oc6ccc(C(C)(C)C)cc6)cc6c7c(cc(Oc8ccc(C(C)(C)C)cc8)c(c8c(Oc9ccc(C(C)(C)C)cc9)cc(c3c48)C2=O)c75)C(=O)N(C(CC(C)C)C(=O)N(c2ccc(OC(=O)C=C)cc2)c2ccc(OC(=O)C=C)cc2)C6=O)c2ccc(OC(=O)C=C)cc2)cc1. The summed E-state index contributed by atoms with van der Waals surface area (Å²) in [5.74, 6) is -7.56. The van der Waals surface area contributed by atoms with Gasteiger partial charge in [0.05, 0.1) is 22.3 Å². The van der Waals surface area contributed by atoms with Crippen molar-refractivity contribution in [2.75, 3.05) is 9.80 Å². The number of ether oxygens (including phenoxy) is 8. The number of rotatable bonds is 28. The molecule has 0 aromatic heterocycles. The van der Waals surface area contributed by atoms with Crippen molar-refractivity contribution >= 4 is 125 Å². The molecule has 0 spiro atoms. The first kappa shape index (κ1) is 93.1. The summed E-state index contributed by atoms with van der Waals surface area (Å²) in [6.45, 7) is 46.5. The predicted octanol–water partition coefficient (Wildman–Crippen LogP) is 25.2. The van der Waals surface area contributed by atoms with Gasteiger partial charge in [0.15, 0.2) is 0 Å². The smallest absolute Gasteiger partial charge is 0.335 e. The van der Waals surface area contributed by atoms with Crippen LogP contribution in [-0.2, 0) is 50.4 Å². The number of carbonyl (C=O) groups is 10. The molecular weight excluding hydrogens is 1690 g/mol. The number of amides is 6. The van der Waals surface area contributed by atoms with E-state index in [-0.39, 0.29) is 192 Å². The second kappa shape index (κ2) is 36.6. The molecule has 22 nitrogen and oxygen atoms in total. The monoisotopic (exact) mass is 1790 g/mol. The maximum absolute atomic E-state index is 17.3. The van der Waals surface area contributed by atoms with Crippen LogP contribution in [0.5, 0.6) is 69.0 Å². The standard InChI is InChI=1S/C112H104N4O18/c1-21-91(117)131-77-49-33-69(34-50-77)113(70-35-51-78(52-36-70)132-92(118)22-2)107(125)85(57-63(5)6)115-103(121)81-59-87(127-73-41-25-65(26-42-73)109(9,10)11)97-99-89(129-75-45-29-67(30-46-75)111(15,16)17)61-83-96-84(106(124)116(105(83)123)86(58-64(7)8)108(126)114(71-37-53-79(54-38-71)133-93(119)23-3)72-39-55-80(56-40-72)134-94(120)24-4)62-90(130-76-47-31-68(32-48-76)112(18,19)20)100(102(96)99)98-88(60-82(104(115)122)95(81)101(97)98)128-74-43-27-66(28-44-74)110(12,13)14/h21-56,59-64,85-86H,1-4,57-58H2,5-20H3. The van der Waals surface area contributed by atoms with E-state index < -0.39 is 83.2 Å². The first-order valence-corrected chi connectivity index (χ1v) is 44.2. The molecule has 2 atom stereocenters. The lowest BCUT2D eigenvalue weighted by Crippen LogP contribution is -2.54. The molecule has 0 saturated heterocycles. The number of imide groups is 2. The van der Waals surface area contributed by atoms with Gasteiger partial charge in [-0.1, -0.05) is 186 Å². The maximum atomic E-state index is 17.3. The minimum atomic E-state index is -1.64. The summed E-state index contributed by atoms with van der Waals surface area (Å²) >= 11 is 0. The van der Waals surface area contributed by atoms with Crippen molar-refractivity contribution in [3.63, 3.8) is 0 Å². The summed E-state index contributed by atoms with van der Waals surface area (Å²) in [6, 6.07) is 56.8. The largest absolute Gasteiger partial charge is 0.457 e. The molecule has 2 heterocycles. The van der Waals surface area contributed by atoms with Crippen molar-refractivity contribution in [2.45, 2.75) is 157 Å².